The first-order valence-electron chi connectivity index (χ1n) is 12.7. The van der Waals surface area contributed by atoms with Gasteiger partial charge in [0, 0.05) is 39.8 Å². The van der Waals surface area contributed by atoms with Crippen LogP contribution in [0.15, 0.2) is 9.51 Å². The molecule has 0 amide bonds. The van der Waals surface area contributed by atoms with Gasteiger partial charge in [-0.2, -0.15) is 4.76 Å². The summed E-state index contributed by atoms with van der Waals surface area (Å²) in [6.07, 6.45) is -3.28. The maximum Gasteiger partial charge on any atom is 0.399 e. The standard InChI is InChI=1S/C25H47N6O2PS/c1-15(2)28-20(11)21(12)29(16(3)4)24(28)26-34(19(9)10,35(32)33)27-25-30(17(5)6)22(13)23(14)31(25)18(7)8/h15-19H,1-14H3. The minimum absolute atomic E-state index is 0.131. The van der Waals surface area contributed by atoms with E-state index in [0.29, 0.717) is 11.6 Å². The Labute approximate surface area is 214 Å². The molecule has 200 valence electrons. The number of hydrogen-bond donors (Lipinski definition) is 0. The number of hydrogen-bond acceptors (Lipinski definition) is 3. The molecule has 1 unspecified atom stereocenters. The lowest BCUT2D eigenvalue weighted by Crippen LogP contribution is -2.38. The van der Waals surface area contributed by atoms with E-state index < -0.39 is 17.1 Å². The molecule has 0 aliphatic carbocycles. The van der Waals surface area contributed by atoms with Gasteiger partial charge < -0.3 is 13.7 Å². The van der Waals surface area contributed by atoms with Gasteiger partial charge in [0.25, 0.3) is 0 Å². The van der Waals surface area contributed by atoms with Gasteiger partial charge in [-0.25, -0.2) is 9.13 Å². The number of rotatable bonds is 8. The zero-order valence-corrected chi connectivity index (χ0v) is 26.0. The van der Waals surface area contributed by atoms with Crippen molar-refractivity contribution in [1.29, 1.82) is 0 Å². The fourth-order valence-corrected chi connectivity index (χ4v) is 8.70. The first-order valence-corrected chi connectivity index (χ1v) is 16.2. The minimum atomic E-state index is -3.28. The largest absolute Gasteiger partial charge is 0.765 e. The average Bonchev–Trinajstić information content (AvgIpc) is 3.10. The molecular weight excluding hydrogens is 479 g/mol. The minimum Gasteiger partial charge on any atom is -0.765 e. The molecule has 2 atom stereocenters. The molecule has 35 heavy (non-hydrogen) atoms. The van der Waals surface area contributed by atoms with E-state index in [9.17, 15) is 8.76 Å². The molecule has 0 aromatic carbocycles. The van der Waals surface area contributed by atoms with E-state index >= 15 is 0 Å². The molecule has 0 fully saturated rings. The normalized spacial score (nSPS) is 15.1. The Kier molecular flexibility index (Phi) is 9.27. The van der Waals surface area contributed by atoms with Crippen LogP contribution in [0.25, 0.3) is 0 Å². The Hall–Kier alpha value is -1.44. The molecule has 2 aromatic rings. The Bertz CT molecular complexity index is 1160. The topological polar surface area (TPSA) is 83.5 Å². The van der Waals surface area contributed by atoms with Crippen molar-refractivity contribution in [2.75, 3.05) is 0 Å². The highest BCUT2D eigenvalue weighted by Crippen LogP contribution is 2.60. The summed E-state index contributed by atoms with van der Waals surface area (Å²) in [6, 6.07) is 0.523. The Morgan fingerprint density at radius 2 is 1.20 bits per heavy atom. The molecule has 0 N–H and O–H groups in total. The van der Waals surface area contributed by atoms with E-state index in [1.165, 1.54) is 0 Å². The van der Waals surface area contributed by atoms with Crippen LogP contribution >= 0.6 is 6.41 Å². The van der Waals surface area contributed by atoms with Crippen LogP contribution in [0, 0.1) is 27.7 Å². The summed E-state index contributed by atoms with van der Waals surface area (Å²) < 4.78 is 45.4. The molecule has 0 spiro atoms. The quantitative estimate of drug-likeness (QED) is 0.224. The second-order valence-electron chi connectivity index (χ2n) is 10.9. The average molecular weight is 527 g/mol. The van der Waals surface area contributed by atoms with Gasteiger partial charge in [-0.1, -0.05) is 18.6 Å². The van der Waals surface area contributed by atoms with E-state index in [1.807, 2.05) is 13.8 Å². The van der Waals surface area contributed by atoms with E-state index in [-0.39, 0.29) is 29.8 Å². The fraction of sp³-hybridized carbons (Fsp3) is 0.760. The molecule has 0 radical (unpaired) electrons. The van der Waals surface area contributed by atoms with Crippen molar-refractivity contribution in [2.24, 2.45) is 9.51 Å². The van der Waals surface area contributed by atoms with E-state index in [0.717, 1.165) is 22.8 Å². The predicted octanol–water partition coefficient (Wildman–Crippen LogP) is 6.49. The van der Waals surface area contributed by atoms with Crippen LogP contribution in [0.4, 0.5) is 5.95 Å². The van der Waals surface area contributed by atoms with Crippen LogP contribution in [0.5, 0.6) is 0 Å². The molecular formula is C25H47N6O2PS. The van der Waals surface area contributed by atoms with Crippen LogP contribution in [0.1, 0.15) is 116 Å². The maximum atomic E-state index is 13.2. The number of nitrogens with zero attached hydrogens (tertiary/aromatic N) is 6. The monoisotopic (exact) mass is 526 g/mol. The Balaban J connectivity index is 3.26. The summed E-state index contributed by atoms with van der Waals surface area (Å²) >= 11 is 0. The van der Waals surface area contributed by atoms with Crippen molar-refractivity contribution in [3.8, 4) is 0 Å². The maximum absolute atomic E-state index is 13.2. The van der Waals surface area contributed by atoms with Gasteiger partial charge in [-0.3, -0.25) is 4.21 Å². The third-order valence-electron chi connectivity index (χ3n) is 6.78. The van der Waals surface area contributed by atoms with Gasteiger partial charge in [-0.05, 0) is 83.1 Å². The number of imidazole rings is 2. The summed E-state index contributed by atoms with van der Waals surface area (Å²) in [4.78, 5) is 0. The van der Waals surface area contributed by atoms with Gasteiger partial charge >= 0.3 is 5.95 Å². The molecule has 0 aliphatic rings. The van der Waals surface area contributed by atoms with Gasteiger partial charge in [0.1, 0.15) is 11.4 Å². The molecule has 10 heteroatoms. The Morgan fingerprint density at radius 1 is 0.771 bits per heavy atom. The lowest BCUT2D eigenvalue weighted by Gasteiger charge is -2.24. The molecule has 0 bridgehead atoms. The third kappa shape index (κ3) is 5.19. The first-order chi connectivity index (χ1) is 16.0. The molecule has 2 aromatic heterocycles. The molecule has 2 heterocycles. The summed E-state index contributed by atoms with van der Waals surface area (Å²) in [5.74, 6) is 0.687. The zero-order valence-electron chi connectivity index (χ0n) is 24.2. The summed E-state index contributed by atoms with van der Waals surface area (Å²) in [5.41, 5.74) is 4.79. The van der Waals surface area contributed by atoms with Crippen molar-refractivity contribution in [2.45, 2.75) is 127 Å². The van der Waals surface area contributed by atoms with Crippen molar-refractivity contribution in [3.63, 3.8) is 0 Å². The molecule has 0 saturated heterocycles. The lowest BCUT2D eigenvalue weighted by molar-refractivity contribution is -0.708. The van der Waals surface area contributed by atoms with E-state index in [4.69, 9.17) is 9.51 Å². The Morgan fingerprint density at radius 3 is 1.51 bits per heavy atom. The predicted molar refractivity (Wildman–Crippen MR) is 146 cm³/mol. The summed E-state index contributed by atoms with van der Waals surface area (Å²) in [6.45, 7) is 29.1. The van der Waals surface area contributed by atoms with Crippen LogP contribution in [-0.2, 0) is 10.7 Å². The molecule has 0 saturated carbocycles. The second-order valence-corrected chi connectivity index (χ2v) is 16.4. The summed E-state index contributed by atoms with van der Waals surface area (Å²) in [7, 11) is -2.50. The lowest BCUT2D eigenvalue weighted by atomic mass is 10.3. The van der Waals surface area contributed by atoms with Gasteiger partial charge in [0.05, 0.1) is 12.1 Å². The molecule has 0 aliphatic heterocycles. The zero-order chi connectivity index (χ0) is 27.2. The highest BCUT2D eigenvalue weighted by atomic mass is 32.8. The van der Waals surface area contributed by atoms with E-state index in [2.05, 4.69) is 101 Å². The molecule has 2 rings (SSSR count). The van der Waals surface area contributed by atoms with Crippen LogP contribution in [0.3, 0.4) is 0 Å². The van der Waals surface area contributed by atoms with Gasteiger partial charge in [0.15, 0.2) is 0 Å². The SMILES string of the molecule is Cc1c(C)[n+](C(C)C)c(N=[P@](N=c2n(C(C)C)c(C)c(C)n2C(C)C)(C(C)C)S(=O)[O-])n1C(C)C. The summed E-state index contributed by atoms with van der Waals surface area (Å²) in [5, 5.41) is 0. The number of aromatic nitrogens is 4. The first kappa shape index (κ1) is 29.8. The molecule has 8 nitrogen and oxygen atoms in total. The van der Waals surface area contributed by atoms with Gasteiger partial charge in [0.2, 0.25) is 12.0 Å². The second kappa shape index (κ2) is 10.9. The van der Waals surface area contributed by atoms with E-state index in [1.54, 1.807) is 0 Å². The van der Waals surface area contributed by atoms with Crippen LogP contribution < -0.4 is 10.2 Å². The fourth-order valence-electron chi connectivity index (χ4n) is 4.94. The van der Waals surface area contributed by atoms with Crippen molar-refractivity contribution < 1.29 is 13.3 Å². The smallest absolute Gasteiger partial charge is 0.399 e. The van der Waals surface area contributed by atoms with Crippen molar-refractivity contribution in [3.05, 3.63) is 28.4 Å². The highest BCUT2D eigenvalue weighted by Gasteiger charge is 2.36. The third-order valence-corrected chi connectivity index (χ3v) is 12.6. The van der Waals surface area contributed by atoms with Crippen LogP contribution in [0.2, 0.25) is 0 Å². The van der Waals surface area contributed by atoms with Crippen molar-refractivity contribution >= 4 is 23.1 Å². The van der Waals surface area contributed by atoms with Gasteiger partial charge in [-0.15, -0.1) is 0 Å². The van der Waals surface area contributed by atoms with Crippen molar-refractivity contribution in [1.82, 2.24) is 13.7 Å². The van der Waals surface area contributed by atoms with Crippen LogP contribution in [-0.4, -0.2) is 28.1 Å². The highest BCUT2D eigenvalue weighted by molar-refractivity contribution is 8.47.